The molecule has 84 valence electrons. The summed E-state index contributed by atoms with van der Waals surface area (Å²) < 4.78 is 0. The maximum Gasteiger partial charge on any atom is 0.234 e. The second kappa shape index (κ2) is 6.44. The number of rotatable bonds is 4. The Morgan fingerprint density at radius 2 is 2.20 bits per heavy atom. The second-order valence-electron chi connectivity index (χ2n) is 3.94. The first-order chi connectivity index (χ1) is 7.26. The summed E-state index contributed by atoms with van der Waals surface area (Å²) in [4.78, 5) is 13.5. The molecule has 0 spiro atoms. The number of hydrogen-bond donors (Lipinski definition) is 2. The highest BCUT2D eigenvalue weighted by atomic mass is 16.2. The zero-order chi connectivity index (χ0) is 11.1. The molecule has 1 aliphatic rings. The molecule has 4 heteroatoms. The molecule has 4 nitrogen and oxygen atoms in total. The third-order valence-corrected chi connectivity index (χ3v) is 2.80. The van der Waals surface area contributed by atoms with Gasteiger partial charge in [0.1, 0.15) is 0 Å². The number of carbonyl (C=O) groups is 1. The second-order valence-corrected chi connectivity index (χ2v) is 3.94. The van der Waals surface area contributed by atoms with E-state index in [2.05, 4.69) is 16.1 Å². The van der Waals surface area contributed by atoms with Crippen molar-refractivity contribution in [1.82, 2.24) is 10.2 Å². The van der Waals surface area contributed by atoms with Gasteiger partial charge in [0.2, 0.25) is 5.91 Å². The summed E-state index contributed by atoms with van der Waals surface area (Å²) in [6, 6.07) is 0. The van der Waals surface area contributed by atoms with E-state index in [1.165, 1.54) is 0 Å². The van der Waals surface area contributed by atoms with E-state index in [-0.39, 0.29) is 5.91 Å². The third-order valence-electron chi connectivity index (χ3n) is 2.80. The van der Waals surface area contributed by atoms with Crippen molar-refractivity contribution in [3.05, 3.63) is 0 Å². The number of likely N-dealkylation sites (tertiary alicyclic amines) is 1. The van der Waals surface area contributed by atoms with E-state index in [9.17, 15) is 4.79 Å². The lowest BCUT2D eigenvalue weighted by molar-refractivity contribution is -0.122. The number of carbonyl (C=O) groups excluding carboxylic acids is 1. The van der Waals surface area contributed by atoms with Crippen LogP contribution in [0, 0.1) is 18.3 Å². The first kappa shape index (κ1) is 12.0. The zero-order valence-electron chi connectivity index (χ0n) is 9.04. The minimum atomic E-state index is 0.0131. The lowest BCUT2D eigenvalue weighted by atomic mass is 9.97. The molecule has 3 N–H and O–H groups in total. The monoisotopic (exact) mass is 209 g/mol. The predicted molar refractivity (Wildman–Crippen MR) is 60.1 cm³/mol. The lowest BCUT2D eigenvalue weighted by Gasteiger charge is -2.30. The Hall–Kier alpha value is -1.05. The Morgan fingerprint density at radius 3 is 2.73 bits per heavy atom. The topological polar surface area (TPSA) is 58.4 Å². The number of nitrogens with one attached hydrogen (secondary N) is 1. The number of amides is 1. The summed E-state index contributed by atoms with van der Waals surface area (Å²) in [5.74, 6) is 3.03. The van der Waals surface area contributed by atoms with Crippen molar-refractivity contribution < 1.29 is 4.79 Å². The van der Waals surface area contributed by atoms with E-state index in [0.29, 0.717) is 19.0 Å². The standard InChI is InChI=1S/C11H19N3O/c1-2-5-13-11(15)9-14-6-3-10(8-12)4-7-14/h1,10H,3-9,12H2,(H,13,15). The van der Waals surface area contributed by atoms with Gasteiger partial charge in [0.15, 0.2) is 0 Å². The minimum absolute atomic E-state index is 0.0131. The molecular weight excluding hydrogens is 190 g/mol. The molecule has 0 aromatic rings. The average molecular weight is 209 g/mol. The molecule has 1 amide bonds. The number of terminal acetylenes is 1. The van der Waals surface area contributed by atoms with Crippen molar-refractivity contribution in [2.24, 2.45) is 11.7 Å². The molecule has 1 saturated heterocycles. The molecule has 15 heavy (non-hydrogen) atoms. The van der Waals surface area contributed by atoms with Crippen molar-refractivity contribution >= 4 is 5.91 Å². The van der Waals surface area contributed by atoms with Gasteiger partial charge in [-0.3, -0.25) is 9.69 Å². The molecule has 0 atom stereocenters. The SMILES string of the molecule is C#CCNC(=O)CN1CCC(CN)CC1. The summed E-state index contributed by atoms with van der Waals surface area (Å²) in [6.07, 6.45) is 7.25. The van der Waals surface area contributed by atoms with Crippen LogP contribution in [0.4, 0.5) is 0 Å². The van der Waals surface area contributed by atoms with Gasteiger partial charge in [-0.15, -0.1) is 6.42 Å². The molecular formula is C11H19N3O. The van der Waals surface area contributed by atoms with Gasteiger partial charge in [-0.05, 0) is 38.4 Å². The average Bonchev–Trinajstić information content (AvgIpc) is 2.27. The molecule has 0 aliphatic carbocycles. The van der Waals surface area contributed by atoms with Crippen LogP contribution < -0.4 is 11.1 Å². The number of nitrogens with zero attached hydrogens (tertiary/aromatic N) is 1. The molecule has 0 radical (unpaired) electrons. The van der Waals surface area contributed by atoms with Crippen LogP contribution in [0.5, 0.6) is 0 Å². The molecule has 1 aliphatic heterocycles. The highest BCUT2D eigenvalue weighted by molar-refractivity contribution is 5.78. The minimum Gasteiger partial charge on any atom is -0.344 e. The largest absolute Gasteiger partial charge is 0.344 e. The van der Waals surface area contributed by atoms with E-state index in [4.69, 9.17) is 12.2 Å². The number of nitrogens with two attached hydrogens (primary N) is 1. The third kappa shape index (κ3) is 4.32. The van der Waals surface area contributed by atoms with Crippen LogP contribution in [0.25, 0.3) is 0 Å². The fourth-order valence-electron chi connectivity index (χ4n) is 1.79. The number of hydrogen-bond acceptors (Lipinski definition) is 3. The normalized spacial score (nSPS) is 18.4. The smallest absolute Gasteiger partial charge is 0.234 e. The molecule has 0 aromatic heterocycles. The van der Waals surface area contributed by atoms with Crippen molar-refractivity contribution in [3.63, 3.8) is 0 Å². The Labute approximate surface area is 91.2 Å². The predicted octanol–water partition coefficient (Wildman–Crippen LogP) is -0.593. The number of piperidine rings is 1. The van der Waals surface area contributed by atoms with Crippen molar-refractivity contribution in [2.45, 2.75) is 12.8 Å². The van der Waals surface area contributed by atoms with Crippen LogP contribution in [0.3, 0.4) is 0 Å². The first-order valence-corrected chi connectivity index (χ1v) is 5.39. The summed E-state index contributed by atoms with van der Waals surface area (Å²) in [5, 5.41) is 2.66. The highest BCUT2D eigenvalue weighted by Crippen LogP contribution is 2.14. The van der Waals surface area contributed by atoms with Gasteiger partial charge in [-0.25, -0.2) is 0 Å². The summed E-state index contributed by atoms with van der Waals surface area (Å²) >= 11 is 0. The van der Waals surface area contributed by atoms with Gasteiger partial charge < -0.3 is 11.1 Å². The van der Waals surface area contributed by atoms with E-state index in [1.54, 1.807) is 0 Å². The first-order valence-electron chi connectivity index (χ1n) is 5.39. The Morgan fingerprint density at radius 1 is 1.53 bits per heavy atom. The Kier molecular flexibility index (Phi) is 5.16. The quantitative estimate of drug-likeness (QED) is 0.608. The molecule has 0 bridgehead atoms. The van der Waals surface area contributed by atoms with Gasteiger partial charge in [0.05, 0.1) is 13.1 Å². The fraction of sp³-hybridized carbons (Fsp3) is 0.727. The summed E-state index contributed by atoms with van der Waals surface area (Å²) in [5.41, 5.74) is 5.60. The van der Waals surface area contributed by atoms with E-state index in [1.807, 2.05) is 0 Å². The van der Waals surface area contributed by atoms with Gasteiger partial charge in [0, 0.05) is 0 Å². The van der Waals surface area contributed by atoms with Crippen LogP contribution >= 0.6 is 0 Å². The molecule has 1 fully saturated rings. The van der Waals surface area contributed by atoms with E-state index >= 15 is 0 Å². The molecule has 0 saturated carbocycles. The van der Waals surface area contributed by atoms with Crippen LogP contribution in [0.1, 0.15) is 12.8 Å². The van der Waals surface area contributed by atoms with Gasteiger partial charge in [-0.2, -0.15) is 0 Å². The van der Waals surface area contributed by atoms with E-state index in [0.717, 1.165) is 32.5 Å². The van der Waals surface area contributed by atoms with Gasteiger partial charge in [-0.1, -0.05) is 5.92 Å². The Bertz CT molecular complexity index is 239. The summed E-state index contributed by atoms with van der Waals surface area (Å²) in [6.45, 7) is 3.46. The van der Waals surface area contributed by atoms with Crippen molar-refractivity contribution in [2.75, 3.05) is 32.7 Å². The molecule has 0 unspecified atom stereocenters. The van der Waals surface area contributed by atoms with Crippen LogP contribution in [-0.4, -0.2) is 43.5 Å². The zero-order valence-corrected chi connectivity index (χ0v) is 9.04. The highest BCUT2D eigenvalue weighted by Gasteiger charge is 2.19. The van der Waals surface area contributed by atoms with Crippen LogP contribution in [-0.2, 0) is 4.79 Å². The molecule has 0 aromatic carbocycles. The van der Waals surface area contributed by atoms with Gasteiger partial charge >= 0.3 is 0 Å². The lowest BCUT2D eigenvalue weighted by Crippen LogP contribution is -2.42. The maximum absolute atomic E-state index is 11.3. The summed E-state index contributed by atoms with van der Waals surface area (Å²) in [7, 11) is 0. The van der Waals surface area contributed by atoms with Crippen LogP contribution in [0.15, 0.2) is 0 Å². The fourth-order valence-corrected chi connectivity index (χ4v) is 1.79. The molecule has 1 rings (SSSR count). The maximum atomic E-state index is 11.3. The van der Waals surface area contributed by atoms with Crippen molar-refractivity contribution in [1.29, 1.82) is 0 Å². The van der Waals surface area contributed by atoms with Crippen LogP contribution in [0.2, 0.25) is 0 Å². The molecule has 1 heterocycles. The van der Waals surface area contributed by atoms with Crippen molar-refractivity contribution in [3.8, 4) is 12.3 Å². The van der Waals surface area contributed by atoms with E-state index < -0.39 is 0 Å². The Balaban J connectivity index is 2.18. The van der Waals surface area contributed by atoms with Gasteiger partial charge in [0.25, 0.3) is 0 Å².